The van der Waals surface area contributed by atoms with Gasteiger partial charge in [-0.15, -0.1) is 0 Å². The van der Waals surface area contributed by atoms with E-state index in [1.807, 2.05) is 17.0 Å². The highest BCUT2D eigenvalue weighted by Crippen LogP contribution is 2.29. The first-order valence-electron chi connectivity index (χ1n) is 11.1. The highest BCUT2D eigenvalue weighted by molar-refractivity contribution is 7.89. The van der Waals surface area contributed by atoms with Crippen LogP contribution in [-0.4, -0.2) is 61.2 Å². The van der Waals surface area contributed by atoms with E-state index in [2.05, 4.69) is 17.4 Å². The van der Waals surface area contributed by atoms with Crippen LogP contribution in [0, 0.1) is 17.0 Å². The topological polar surface area (TPSA) is 113 Å². The van der Waals surface area contributed by atoms with Gasteiger partial charge in [-0.2, -0.15) is 4.31 Å². The summed E-state index contributed by atoms with van der Waals surface area (Å²) in [6, 6.07) is 12.1. The molecule has 0 bridgehead atoms. The summed E-state index contributed by atoms with van der Waals surface area (Å²) in [6.07, 6.45) is 2.98. The van der Waals surface area contributed by atoms with Gasteiger partial charge >= 0.3 is 0 Å². The van der Waals surface area contributed by atoms with Crippen molar-refractivity contribution in [3.8, 4) is 0 Å². The number of fused-ring (bicyclic) bond motifs is 1. The average molecular weight is 473 g/mol. The fourth-order valence-corrected chi connectivity index (χ4v) is 6.26. The molecule has 1 atom stereocenters. The fraction of sp³-hybridized carbons (Fsp3) is 0.435. The number of nitro benzene ring substituents is 1. The number of aryl methyl sites for hydroxylation is 2. The van der Waals surface area contributed by atoms with E-state index in [0.29, 0.717) is 18.7 Å². The summed E-state index contributed by atoms with van der Waals surface area (Å²) in [5.41, 5.74) is 2.68. The van der Waals surface area contributed by atoms with Crippen molar-refractivity contribution in [1.82, 2.24) is 14.5 Å². The Morgan fingerprint density at radius 1 is 1.15 bits per heavy atom. The summed E-state index contributed by atoms with van der Waals surface area (Å²) in [4.78, 5) is 25.1. The molecule has 9 nitrogen and oxygen atoms in total. The quantitative estimate of drug-likeness (QED) is 0.510. The SMILES string of the molecule is Cc1ccc([N+](=O)[O-])cc1S(=O)(=O)N1CCN(CC(=O)NC2CCCc3ccccc32)CC1. The van der Waals surface area contributed by atoms with E-state index in [-0.39, 0.29) is 42.2 Å². The lowest BCUT2D eigenvalue weighted by atomic mass is 9.88. The molecule has 33 heavy (non-hydrogen) atoms. The molecule has 1 fully saturated rings. The summed E-state index contributed by atoms with van der Waals surface area (Å²) < 4.78 is 27.5. The number of non-ortho nitro benzene ring substituents is 1. The highest BCUT2D eigenvalue weighted by Gasteiger charge is 2.31. The summed E-state index contributed by atoms with van der Waals surface area (Å²) in [6.45, 7) is 3.13. The number of carbonyl (C=O) groups is 1. The third-order valence-corrected chi connectivity index (χ3v) is 8.44. The molecule has 4 rings (SSSR count). The van der Waals surface area contributed by atoms with Crippen LogP contribution in [0.3, 0.4) is 0 Å². The van der Waals surface area contributed by atoms with E-state index in [9.17, 15) is 23.3 Å². The Morgan fingerprint density at radius 3 is 2.61 bits per heavy atom. The van der Waals surface area contributed by atoms with E-state index < -0.39 is 14.9 Å². The lowest BCUT2D eigenvalue weighted by Gasteiger charge is -2.34. The monoisotopic (exact) mass is 472 g/mol. The van der Waals surface area contributed by atoms with E-state index >= 15 is 0 Å². The van der Waals surface area contributed by atoms with Gasteiger partial charge in [-0.05, 0) is 42.9 Å². The number of hydrogen-bond donors (Lipinski definition) is 1. The molecule has 0 spiro atoms. The van der Waals surface area contributed by atoms with Gasteiger partial charge in [0.1, 0.15) is 0 Å². The molecule has 1 aliphatic carbocycles. The Morgan fingerprint density at radius 2 is 1.88 bits per heavy atom. The molecule has 0 radical (unpaired) electrons. The van der Waals surface area contributed by atoms with E-state index in [4.69, 9.17) is 0 Å². The predicted octanol–water partition coefficient (Wildman–Crippen LogP) is 2.40. The molecule has 2 aliphatic rings. The van der Waals surface area contributed by atoms with Crippen molar-refractivity contribution in [2.24, 2.45) is 0 Å². The third kappa shape index (κ3) is 5.07. The van der Waals surface area contributed by atoms with Crippen molar-refractivity contribution in [2.45, 2.75) is 37.1 Å². The highest BCUT2D eigenvalue weighted by atomic mass is 32.2. The summed E-state index contributed by atoms with van der Waals surface area (Å²) >= 11 is 0. The van der Waals surface area contributed by atoms with Crippen molar-refractivity contribution < 1.29 is 18.1 Å². The lowest BCUT2D eigenvalue weighted by molar-refractivity contribution is -0.385. The second-order valence-corrected chi connectivity index (χ2v) is 10.5. The van der Waals surface area contributed by atoms with Gasteiger partial charge in [0.2, 0.25) is 15.9 Å². The fourth-order valence-electron chi connectivity index (χ4n) is 4.59. The molecule has 1 amide bonds. The molecule has 1 saturated heterocycles. The van der Waals surface area contributed by atoms with Crippen LogP contribution >= 0.6 is 0 Å². The van der Waals surface area contributed by atoms with Crippen LogP contribution in [0.15, 0.2) is 47.4 Å². The second kappa shape index (κ2) is 9.58. The van der Waals surface area contributed by atoms with Crippen molar-refractivity contribution in [3.63, 3.8) is 0 Å². The zero-order valence-electron chi connectivity index (χ0n) is 18.6. The van der Waals surface area contributed by atoms with Crippen LogP contribution in [0.5, 0.6) is 0 Å². The Hall–Kier alpha value is -2.82. The van der Waals surface area contributed by atoms with E-state index in [1.54, 1.807) is 6.92 Å². The molecule has 2 aromatic carbocycles. The molecule has 176 valence electrons. The molecule has 1 unspecified atom stereocenters. The van der Waals surface area contributed by atoms with Gasteiger partial charge in [-0.1, -0.05) is 30.3 Å². The Labute approximate surface area is 193 Å². The second-order valence-electron chi connectivity index (χ2n) is 8.60. The third-order valence-electron chi connectivity index (χ3n) is 6.40. The number of amides is 1. The van der Waals surface area contributed by atoms with Crippen LogP contribution in [0.4, 0.5) is 5.69 Å². The van der Waals surface area contributed by atoms with Gasteiger partial charge in [0.25, 0.3) is 5.69 Å². The lowest BCUT2D eigenvalue weighted by Crippen LogP contribution is -2.51. The maximum absolute atomic E-state index is 13.1. The number of nitrogens with one attached hydrogen (secondary N) is 1. The number of benzene rings is 2. The van der Waals surface area contributed by atoms with Crippen molar-refractivity contribution in [1.29, 1.82) is 0 Å². The van der Waals surface area contributed by atoms with Crippen molar-refractivity contribution in [2.75, 3.05) is 32.7 Å². The first-order valence-corrected chi connectivity index (χ1v) is 12.5. The summed E-state index contributed by atoms with van der Waals surface area (Å²) in [5.74, 6) is -0.0671. The zero-order valence-corrected chi connectivity index (χ0v) is 19.4. The minimum Gasteiger partial charge on any atom is -0.348 e. The smallest absolute Gasteiger partial charge is 0.270 e. The van der Waals surface area contributed by atoms with Gasteiger partial charge < -0.3 is 5.32 Å². The van der Waals surface area contributed by atoms with Crippen LogP contribution in [0.1, 0.15) is 35.6 Å². The maximum Gasteiger partial charge on any atom is 0.270 e. The number of sulfonamides is 1. The molecular formula is C23H28N4O5S. The number of carbonyl (C=O) groups excluding carboxylic acids is 1. The Kier molecular flexibility index (Phi) is 6.78. The minimum absolute atomic E-state index is 0.0148. The Bertz CT molecular complexity index is 1160. The molecule has 1 aliphatic heterocycles. The standard InChI is InChI=1S/C23H28N4O5S/c1-17-9-10-19(27(29)30)15-22(17)33(31,32)26-13-11-25(12-14-26)16-23(28)24-21-8-4-6-18-5-2-3-7-20(18)21/h2-3,5,7,9-10,15,21H,4,6,8,11-14,16H2,1H3,(H,24,28). The number of rotatable bonds is 6. The molecule has 1 heterocycles. The minimum atomic E-state index is -3.86. The van der Waals surface area contributed by atoms with E-state index in [1.165, 1.54) is 27.6 Å². The molecular weight excluding hydrogens is 444 g/mol. The van der Waals surface area contributed by atoms with Crippen LogP contribution in [-0.2, 0) is 21.2 Å². The molecule has 0 saturated carbocycles. The van der Waals surface area contributed by atoms with Gasteiger partial charge in [-0.3, -0.25) is 19.8 Å². The molecule has 0 aromatic heterocycles. The van der Waals surface area contributed by atoms with Crippen LogP contribution in [0.2, 0.25) is 0 Å². The van der Waals surface area contributed by atoms with Crippen molar-refractivity contribution >= 4 is 21.6 Å². The van der Waals surface area contributed by atoms with Gasteiger partial charge in [-0.25, -0.2) is 8.42 Å². The largest absolute Gasteiger partial charge is 0.348 e. The predicted molar refractivity (Wildman–Crippen MR) is 123 cm³/mol. The van der Waals surface area contributed by atoms with Gasteiger partial charge in [0.15, 0.2) is 0 Å². The summed E-state index contributed by atoms with van der Waals surface area (Å²) in [5, 5.41) is 14.2. The zero-order chi connectivity index (χ0) is 23.6. The van der Waals surface area contributed by atoms with Crippen LogP contribution < -0.4 is 5.32 Å². The molecule has 2 aromatic rings. The molecule has 1 N–H and O–H groups in total. The first-order chi connectivity index (χ1) is 15.8. The summed E-state index contributed by atoms with van der Waals surface area (Å²) in [7, 11) is -3.86. The first kappa shape index (κ1) is 23.3. The normalized spacial score (nSPS) is 19.6. The number of hydrogen-bond acceptors (Lipinski definition) is 6. The number of nitrogens with zero attached hydrogens (tertiary/aromatic N) is 3. The number of piperazine rings is 1. The van der Waals surface area contributed by atoms with E-state index in [0.717, 1.165) is 25.3 Å². The van der Waals surface area contributed by atoms with Crippen LogP contribution in [0.25, 0.3) is 0 Å². The van der Waals surface area contributed by atoms with Crippen molar-refractivity contribution in [3.05, 3.63) is 69.3 Å². The average Bonchev–Trinajstić information content (AvgIpc) is 2.79. The van der Waals surface area contributed by atoms with Gasteiger partial charge in [0.05, 0.1) is 22.4 Å². The van der Waals surface area contributed by atoms with Gasteiger partial charge in [0, 0.05) is 38.3 Å². The Balaban J connectivity index is 1.35. The number of nitro groups is 1. The maximum atomic E-state index is 13.1. The molecule has 10 heteroatoms.